The van der Waals surface area contributed by atoms with Crippen molar-refractivity contribution in [2.75, 3.05) is 74.2 Å². The van der Waals surface area contributed by atoms with Crippen molar-refractivity contribution in [3.05, 3.63) is 52.6 Å². The van der Waals surface area contributed by atoms with E-state index in [0.717, 1.165) is 30.2 Å². The van der Waals surface area contributed by atoms with E-state index in [9.17, 15) is 14.9 Å². The lowest BCUT2D eigenvalue weighted by Gasteiger charge is -2.40. The zero-order valence-electron chi connectivity index (χ0n) is 21.1. The number of nitrogens with zero attached hydrogens (tertiary/aromatic N) is 5. The molecule has 2 aromatic rings. The van der Waals surface area contributed by atoms with Crippen molar-refractivity contribution in [3.8, 4) is 5.75 Å². The van der Waals surface area contributed by atoms with Crippen molar-refractivity contribution in [2.45, 2.75) is 20.8 Å². The van der Waals surface area contributed by atoms with Crippen LogP contribution >= 0.6 is 0 Å². The van der Waals surface area contributed by atoms with E-state index >= 15 is 0 Å². The molecule has 0 bridgehead atoms. The highest BCUT2D eigenvalue weighted by molar-refractivity contribution is 5.82. The van der Waals surface area contributed by atoms with Gasteiger partial charge in [0.25, 0.3) is 5.69 Å². The van der Waals surface area contributed by atoms with E-state index in [1.165, 1.54) is 0 Å². The third kappa shape index (κ3) is 5.28. The Kier molecular flexibility index (Phi) is 7.05. The first-order valence-corrected chi connectivity index (χ1v) is 12.1. The molecule has 188 valence electrons. The molecule has 0 aromatic heterocycles. The van der Waals surface area contributed by atoms with Crippen LogP contribution in [0.3, 0.4) is 0 Å². The second kappa shape index (κ2) is 10.0. The number of nitro benzene ring substituents is 1. The number of para-hydroxylation sites is 2. The van der Waals surface area contributed by atoms with E-state index in [2.05, 4.69) is 14.7 Å². The van der Waals surface area contributed by atoms with Crippen LogP contribution in [0.4, 0.5) is 22.7 Å². The van der Waals surface area contributed by atoms with Crippen molar-refractivity contribution in [1.82, 2.24) is 4.90 Å². The second-order valence-electron chi connectivity index (χ2n) is 10.1. The molecular formula is C26H35N5O4. The summed E-state index contributed by atoms with van der Waals surface area (Å²) in [6.07, 6.45) is 0. The summed E-state index contributed by atoms with van der Waals surface area (Å²) in [6, 6.07) is 13.3. The van der Waals surface area contributed by atoms with E-state index in [1.807, 2.05) is 62.1 Å². The summed E-state index contributed by atoms with van der Waals surface area (Å²) in [4.78, 5) is 32.6. The van der Waals surface area contributed by atoms with E-state index in [4.69, 9.17) is 4.74 Å². The third-order valence-corrected chi connectivity index (χ3v) is 6.78. The first-order chi connectivity index (χ1) is 16.7. The van der Waals surface area contributed by atoms with Gasteiger partial charge in [-0.15, -0.1) is 0 Å². The minimum Gasteiger partial charge on any atom is -0.495 e. The lowest BCUT2D eigenvalue weighted by atomic mass is 9.94. The van der Waals surface area contributed by atoms with Gasteiger partial charge in [0.1, 0.15) is 11.4 Å². The maximum absolute atomic E-state index is 12.6. The number of rotatable bonds is 5. The molecule has 0 N–H and O–H groups in total. The van der Waals surface area contributed by atoms with Crippen molar-refractivity contribution in [1.29, 1.82) is 0 Å². The second-order valence-corrected chi connectivity index (χ2v) is 10.1. The molecule has 9 nitrogen and oxygen atoms in total. The number of methoxy groups -OCH3 is 1. The SMILES string of the molecule is COc1ccccc1N1CCN(c2cc(N3CCN(C(=O)C(C)(C)C)CC3)ccc2[N+](=O)[O-])CC1. The van der Waals surface area contributed by atoms with Crippen LogP contribution in [0, 0.1) is 15.5 Å². The Hall–Kier alpha value is -3.49. The van der Waals surface area contributed by atoms with Crippen LogP contribution in [0.2, 0.25) is 0 Å². The zero-order chi connectivity index (χ0) is 25.2. The number of hydrogen-bond donors (Lipinski definition) is 0. The number of carbonyl (C=O) groups is 1. The Morgan fingerprint density at radius 3 is 2.00 bits per heavy atom. The fourth-order valence-corrected chi connectivity index (χ4v) is 4.84. The Balaban J connectivity index is 1.48. The minimum atomic E-state index is -0.394. The van der Waals surface area contributed by atoms with Crippen LogP contribution in [-0.2, 0) is 4.79 Å². The summed E-state index contributed by atoms with van der Waals surface area (Å²) in [7, 11) is 1.67. The van der Waals surface area contributed by atoms with Crippen molar-refractivity contribution >= 4 is 28.7 Å². The Labute approximate surface area is 207 Å². The number of amides is 1. The molecule has 0 atom stereocenters. The molecule has 2 heterocycles. The van der Waals surface area contributed by atoms with Crippen LogP contribution < -0.4 is 19.4 Å². The molecule has 0 unspecified atom stereocenters. The highest BCUT2D eigenvalue weighted by Gasteiger charge is 2.31. The molecule has 1 amide bonds. The maximum Gasteiger partial charge on any atom is 0.292 e. The van der Waals surface area contributed by atoms with E-state index in [1.54, 1.807) is 13.2 Å². The Bertz CT molecular complexity index is 1070. The van der Waals surface area contributed by atoms with Crippen LogP contribution in [0.15, 0.2) is 42.5 Å². The summed E-state index contributed by atoms with van der Waals surface area (Å²) in [5.41, 5.74) is 2.39. The lowest BCUT2D eigenvalue weighted by Crippen LogP contribution is -2.51. The number of anilines is 3. The van der Waals surface area contributed by atoms with Crippen LogP contribution in [-0.4, -0.2) is 75.2 Å². The van der Waals surface area contributed by atoms with Gasteiger partial charge in [-0.05, 0) is 24.3 Å². The highest BCUT2D eigenvalue weighted by Crippen LogP contribution is 2.35. The maximum atomic E-state index is 12.6. The molecule has 0 spiro atoms. The van der Waals surface area contributed by atoms with E-state index in [0.29, 0.717) is 45.0 Å². The summed E-state index contributed by atoms with van der Waals surface area (Å²) in [6.45, 7) is 11.4. The first kappa shape index (κ1) is 24.6. The quantitative estimate of drug-likeness (QED) is 0.476. The largest absolute Gasteiger partial charge is 0.495 e. The Morgan fingerprint density at radius 1 is 0.857 bits per heavy atom. The molecule has 0 aliphatic carbocycles. The zero-order valence-corrected chi connectivity index (χ0v) is 21.1. The van der Waals surface area contributed by atoms with Gasteiger partial charge in [-0.3, -0.25) is 14.9 Å². The molecule has 0 saturated carbocycles. The predicted molar refractivity (Wildman–Crippen MR) is 139 cm³/mol. The minimum absolute atomic E-state index is 0.126. The number of carbonyl (C=O) groups excluding carboxylic acids is 1. The Morgan fingerprint density at radius 2 is 1.43 bits per heavy atom. The van der Waals surface area contributed by atoms with Gasteiger partial charge >= 0.3 is 0 Å². The number of piperazine rings is 2. The number of nitro groups is 1. The standard InChI is InChI=1S/C26H35N5O4/c1-26(2,3)25(32)30-17-11-27(12-18-30)20-9-10-21(31(33)34)23(19-20)29-15-13-28(14-16-29)22-7-5-6-8-24(22)35-4/h5-10,19H,11-18H2,1-4H3. The van der Waals surface area contributed by atoms with Gasteiger partial charge in [-0.1, -0.05) is 32.9 Å². The van der Waals surface area contributed by atoms with Crippen LogP contribution in [0.5, 0.6) is 5.75 Å². The first-order valence-electron chi connectivity index (χ1n) is 12.1. The topological polar surface area (TPSA) is 82.4 Å². The van der Waals surface area contributed by atoms with Gasteiger partial charge in [0, 0.05) is 69.5 Å². The van der Waals surface area contributed by atoms with Crippen LogP contribution in [0.1, 0.15) is 20.8 Å². The highest BCUT2D eigenvalue weighted by atomic mass is 16.6. The molecule has 2 fully saturated rings. The molecular weight excluding hydrogens is 446 g/mol. The molecule has 2 aliphatic rings. The smallest absolute Gasteiger partial charge is 0.292 e. The van der Waals surface area contributed by atoms with Crippen molar-refractivity contribution < 1.29 is 14.5 Å². The van der Waals surface area contributed by atoms with E-state index < -0.39 is 5.41 Å². The molecule has 2 aliphatic heterocycles. The van der Waals surface area contributed by atoms with Crippen LogP contribution in [0.25, 0.3) is 0 Å². The van der Waals surface area contributed by atoms with Gasteiger partial charge in [0.15, 0.2) is 0 Å². The van der Waals surface area contributed by atoms with Gasteiger partial charge in [0.2, 0.25) is 5.91 Å². The normalized spacial score (nSPS) is 16.9. The summed E-state index contributed by atoms with van der Waals surface area (Å²) < 4.78 is 5.51. The van der Waals surface area contributed by atoms with Crippen molar-refractivity contribution in [3.63, 3.8) is 0 Å². The fraction of sp³-hybridized carbons (Fsp3) is 0.500. The van der Waals surface area contributed by atoms with Crippen molar-refractivity contribution in [2.24, 2.45) is 5.41 Å². The summed E-state index contributed by atoms with van der Waals surface area (Å²) >= 11 is 0. The molecule has 2 saturated heterocycles. The molecule has 35 heavy (non-hydrogen) atoms. The monoisotopic (exact) mass is 481 g/mol. The van der Waals surface area contributed by atoms with Gasteiger partial charge < -0.3 is 24.3 Å². The average molecular weight is 482 g/mol. The number of hydrogen-bond acceptors (Lipinski definition) is 7. The molecule has 0 radical (unpaired) electrons. The molecule has 2 aromatic carbocycles. The average Bonchev–Trinajstić information content (AvgIpc) is 2.87. The summed E-state index contributed by atoms with van der Waals surface area (Å²) in [5.74, 6) is 0.993. The molecule has 9 heteroatoms. The number of benzene rings is 2. The van der Waals surface area contributed by atoms with Gasteiger partial charge in [0.05, 0.1) is 17.7 Å². The fourth-order valence-electron chi connectivity index (χ4n) is 4.84. The third-order valence-electron chi connectivity index (χ3n) is 6.78. The van der Waals surface area contributed by atoms with Gasteiger partial charge in [-0.25, -0.2) is 0 Å². The molecule has 4 rings (SSSR count). The number of ether oxygens (including phenoxy) is 1. The van der Waals surface area contributed by atoms with Gasteiger partial charge in [-0.2, -0.15) is 0 Å². The summed E-state index contributed by atoms with van der Waals surface area (Å²) in [5, 5.41) is 11.8. The lowest BCUT2D eigenvalue weighted by molar-refractivity contribution is -0.384. The van der Waals surface area contributed by atoms with E-state index in [-0.39, 0.29) is 16.5 Å². The predicted octanol–water partition coefficient (Wildman–Crippen LogP) is 3.62.